The molecule has 0 aliphatic carbocycles. The van der Waals surface area contributed by atoms with E-state index in [1.165, 1.54) is 0 Å². The van der Waals surface area contributed by atoms with E-state index in [-0.39, 0.29) is 10.9 Å². The first kappa shape index (κ1) is 13.1. The smallest absolute Gasteiger partial charge is 0.416 e. The minimum absolute atomic E-state index is 0.0586. The van der Waals surface area contributed by atoms with Gasteiger partial charge in [-0.2, -0.15) is 13.2 Å². The van der Waals surface area contributed by atoms with Crippen molar-refractivity contribution in [3.63, 3.8) is 0 Å². The molecular formula is C11H7F3N2O3. The number of carboxylic acids is 1. The SMILES string of the molecule is O=C(O)Cn1cnc2cc(C(F)(F)F)ccc2c1=O. The van der Waals surface area contributed by atoms with Gasteiger partial charge in [0, 0.05) is 0 Å². The minimum Gasteiger partial charge on any atom is -0.480 e. The van der Waals surface area contributed by atoms with E-state index < -0.39 is 29.8 Å². The molecule has 0 fully saturated rings. The molecule has 0 aliphatic heterocycles. The zero-order valence-electron chi connectivity index (χ0n) is 9.31. The number of aromatic nitrogens is 2. The quantitative estimate of drug-likeness (QED) is 0.899. The van der Waals surface area contributed by atoms with Gasteiger partial charge in [0.2, 0.25) is 0 Å². The zero-order chi connectivity index (χ0) is 14.2. The molecule has 1 aromatic carbocycles. The van der Waals surface area contributed by atoms with Crippen molar-refractivity contribution in [1.82, 2.24) is 9.55 Å². The Bertz CT molecular complexity index is 706. The molecule has 0 saturated carbocycles. The summed E-state index contributed by atoms with van der Waals surface area (Å²) in [5, 5.41) is 8.52. The van der Waals surface area contributed by atoms with Crippen molar-refractivity contribution in [2.24, 2.45) is 0 Å². The van der Waals surface area contributed by atoms with E-state index in [1.54, 1.807) is 0 Å². The van der Waals surface area contributed by atoms with Gasteiger partial charge in [0.25, 0.3) is 5.56 Å². The van der Waals surface area contributed by atoms with Crippen LogP contribution in [0.4, 0.5) is 13.2 Å². The van der Waals surface area contributed by atoms with Gasteiger partial charge in [0.05, 0.1) is 22.8 Å². The third kappa shape index (κ3) is 2.56. The van der Waals surface area contributed by atoms with E-state index in [0.29, 0.717) is 0 Å². The second-order valence-corrected chi connectivity index (χ2v) is 3.80. The second kappa shape index (κ2) is 4.38. The van der Waals surface area contributed by atoms with Gasteiger partial charge in [-0.05, 0) is 18.2 Å². The Morgan fingerprint density at radius 2 is 2.05 bits per heavy atom. The maximum absolute atomic E-state index is 12.5. The molecule has 1 heterocycles. The first-order chi connectivity index (χ1) is 8.79. The Morgan fingerprint density at radius 1 is 1.37 bits per heavy atom. The number of aliphatic carboxylic acids is 1. The predicted octanol–water partition coefficient (Wildman–Crippen LogP) is 1.50. The molecule has 0 saturated heterocycles. The molecule has 5 nitrogen and oxygen atoms in total. The Balaban J connectivity index is 2.60. The Labute approximate surface area is 103 Å². The molecule has 1 N–H and O–H groups in total. The summed E-state index contributed by atoms with van der Waals surface area (Å²) in [6.45, 7) is -0.594. The van der Waals surface area contributed by atoms with Crippen LogP contribution in [-0.4, -0.2) is 20.6 Å². The number of nitrogens with zero attached hydrogens (tertiary/aromatic N) is 2. The van der Waals surface area contributed by atoms with Crippen molar-refractivity contribution in [3.8, 4) is 0 Å². The fraction of sp³-hybridized carbons (Fsp3) is 0.182. The lowest BCUT2D eigenvalue weighted by molar-refractivity contribution is -0.138. The minimum atomic E-state index is -4.52. The van der Waals surface area contributed by atoms with Crippen LogP contribution in [0.3, 0.4) is 0 Å². The van der Waals surface area contributed by atoms with Crippen molar-refractivity contribution < 1.29 is 23.1 Å². The molecule has 0 radical (unpaired) electrons. The lowest BCUT2D eigenvalue weighted by atomic mass is 10.1. The summed E-state index contributed by atoms with van der Waals surface area (Å²) in [4.78, 5) is 26.0. The number of rotatable bonds is 2. The Hall–Kier alpha value is -2.38. The van der Waals surface area contributed by atoms with E-state index in [4.69, 9.17) is 5.11 Å². The maximum Gasteiger partial charge on any atom is 0.416 e. The maximum atomic E-state index is 12.5. The van der Waals surface area contributed by atoms with Crippen LogP contribution < -0.4 is 5.56 Å². The summed E-state index contributed by atoms with van der Waals surface area (Å²) in [5.74, 6) is -1.24. The van der Waals surface area contributed by atoms with Crippen molar-refractivity contribution >= 4 is 16.9 Å². The fourth-order valence-corrected chi connectivity index (χ4v) is 1.59. The number of halogens is 3. The highest BCUT2D eigenvalue weighted by molar-refractivity contribution is 5.78. The van der Waals surface area contributed by atoms with Gasteiger partial charge in [0.15, 0.2) is 0 Å². The average molecular weight is 272 g/mol. The third-order valence-electron chi connectivity index (χ3n) is 2.46. The summed E-state index contributed by atoms with van der Waals surface area (Å²) in [6, 6.07) is 2.50. The Kier molecular flexibility index (Phi) is 3.01. The van der Waals surface area contributed by atoms with Crippen LogP contribution in [-0.2, 0) is 17.5 Å². The van der Waals surface area contributed by atoms with E-state index in [1.807, 2.05) is 0 Å². The van der Waals surface area contributed by atoms with E-state index in [9.17, 15) is 22.8 Å². The van der Waals surface area contributed by atoms with Crippen LogP contribution in [0, 0.1) is 0 Å². The van der Waals surface area contributed by atoms with Gasteiger partial charge in [-0.15, -0.1) is 0 Å². The van der Waals surface area contributed by atoms with Crippen molar-refractivity contribution in [1.29, 1.82) is 0 Å². The molecule has 100 valence electrons. The fourth-order valence-electron chi connectivity index (χ4n) is 1.59. The molecule has 0 aliphatic rings. The van der Waals surface area contributed by atoms with Gasteiger partial charge in [-0.3, -0.25) is 14.2 Å². The average Bonchev–Trinajstić information content (AvgIpc) is 2.31. The number of carboxylic acid groups (broad SMARTS) is 1. The predicted molar refractivity (Wildman–Crippen MR) is 58.6 cm³/mol. The van der Waals surface area contributed by atoms with Crippen LogP contribution in [0.15, 0.2) is 29.3 Å². The molecule has 0 amide bonds. The van der Waals surface area contributed by atoms with E-state index in [0.717, 1.165) is 29.1 Å². The van der Waals surface area contributed by atoms with Gasteiger partial charge in [-0.1, -0.05) is 0 Å². The van der Waals surface area contributed by atoms with E-state index in [2.05, 4.69) is 4.98 Å². The number of hydrogen-bond acceptors (Lipinski definition) is 3. The summed E-state index contributed by atoms with van der Waals surface area (Å²) < 4.78 is 38.3. The monoisotopic (exact) mass is 272 g/mol. The lowest BCUT2D eigenvalue weighted by Crippen LogP contribution is -2.24. The summed E-state index contributed by atoms with van der Waals surface area (Å²) in [5.41, 5.74) is -1.73. The molecule has 0 bridgehead atoms. The van der Waals surface area contributed by atoms with Gasteiger partial charge >= 0.3 is 12.1 Å². The summed E-state index contributed by atoms with van der Waals surface area (Å²) >= 11 is 0. The van der Waals surface area contributed by atoms with Crippen LogP contribution in [0.1, 0.15) is 5.56 Å². The molecule has 8 heteroatoms. The number of alkyl halides is 3. The topological polar surface area (TPSA) is 72.2 Å². The number of carbonyl (C=O) groups is 1. The van der Waals surface area contributed by atoms with Crippen LogP contribution in [0.2, 0.25) is 0 Å². The van der Waals surface area contributed by atoms with Crippen molar-refractivity contribution in [2.45, 2.75) is 12.7 Å². The van der Waals surface area contributed by atoms with Crippen molar-refractivity contribution in [2.75, 3.05) is 0 Å². The molecule has 1 aromatic heterocycles. The van der Waals surface area contributed by atoms with Gasteiger partial charge in [-0.25, -0.2) is 4.98 Å². The molecule has 2 rings (SSSR count). The zero-order valence-corrected chi connectivity index (χ0v) is 9.31. The number of hydrogen-bond donors (Lipinski definition) is 1. The third-order valence-corrected chi connectivity index (χ3v) is 2.46. The first-order valence-corrected chi connectivity index (χ1v) is 5.07. The molecular weight excluding hydrogens is 265 g/mol. The molecule has 19 heavy (non-hydrogen) atoms. The van der Waals surface area contributed by atoms with Gasteiger partial charge < -0.3 is 5.11 Å². The van der Waals surface area contributed by atoms with Gasteiger partial charge in [0.1, 0.15) is 6.54 Å². The summed E-state index contributed by atoms with van der Waals surface area (Å²) in [7, 11) is 0. The molecule has 0 atom stereocenters. The molecule has 2 aromatic rings. The highest BCUT2D eigenvalue weighted by atomic mass is 19.4. The van der Waals surface area contributed by atoms with E-state index >= 15 is 0 Å². The van der Waals surface area contributed by atoms with Crippen molar-refractivity contribution in [3.05, 3.63) is 40.4 Å². The molecule has 0 unspecified atom stereocenters. The highest BCUT2D eigenvalue weighted by Gasteiger charge is 2.30. The normalized spacial score (nSPS) is 11.7. The Morgan fingerprint density at radius 3 is 2.63 bits per heavy atom. The second-order valence-electron chi connectivity index (χ2n) is 3.80. The van der Waals surface area contributed by atoms with Crippen LogP contribution in [0.25, 0.3) is 10.9 Å². The highest BCUT2D eigenvalue weighted by Crippen LogP contribution is 2.30. The lowest BCUT2D eigenvalue weighted by Gasteiger charge is -2.08. The number of benzene rings is 1. The number of fused-ring (bicyclic) bond motifs is 1. The standard InChI is InChI=1S/C11H7F3N2O3/c12-11(13,14)6-1-2-7-8(3-6)15-5-16(10(7)19)4-9(17)18/h1-3,5H,4H2,(H,17,18). The summed E-state index contributed by atoms with van der Waals surface area (Å²) in [6.07, 6.45) is -3.61. The van der Waals surface area contributed by atoms with Crippen LogP contribution >= 0.6 is 0 Å². The largest absolute Gasteiger partial charge is 0.480 e. The first-order valence-electron chi connectivity index (χ1n) is 5.07. The van der Waals surface area contributed by atoms with Crippen LogP contribution in [0.5, 0.6) is 0 Å². The molecule has 0 spiro atoms.